The summed E-state index contributed by atoms with van der Waals surface area (Å²) < 4.78 is 4.92. The number of aromatic amines is 1. The minimum atomic E-state index is -0.441. The van der Waals surface area contributed by atoms with E-state index in [9.17, 15) is 9.59 Å². The maximum absolute atomic E-state index is 11.4. The number of rotatable bonds is 4. The van der Waals surface area contributed by atoms with Crippen molar-refractivity contribution in [1.82, 2.24) is 10.3 Å². The van der Waals surface area contributed by atoms with E-state index in [1.54, 1.807) is 6.07 Å². The number of oxazole rings is 1. The maximum atomic E-state index is 11.4. The first-order chi connectivity index (χ1) is 8.72. The molecule has 1 amide bonds. The second-order valence-electron chi connectivity index (χ2n) is 4.66. The fourth-order valence-electron chi connectivity index (χ4n) is 1.97. The molecule has 2 N–H and O–H groups in total. The van der Waals surface area contributed by atoms with Crippen molar-refractivity contribution in [2.45, 2.75) is 19.3 Å². The molecule has 1 aliphatic rings. The van der Waals surface area contributed by atoms with E-state index in [2.05, 4.69) is 10.3 Å². The standard InChI is InChI=1S/C13H14N2O3/c16-12(9-2-3-9)14-6-5-8-1-4-11-10(7-8)15-13(17)18-11/h1,4,7,9H,2-3,5-6H2,(H,14,16)(H,15,17). The Morgan fingerprint density at radius 3 is 3.06 bits per heavy atom. The van der Waals surface area contributed by atoms with Gasteiger partial charge in [0.1, 0.15) is 0 Å². The van der Waals surface area contributed by atoms with Gasteiger partial charge in [0.25, 0.3) is 0 Å². The summed E-state index contributed by atoms with van der Waals surface area (Å²) in [7, 11) is 0. The summed E-state index contributed by atoms with van der Waals surface area (Å²) in [5.41, 5.74) is 2.33. The molecule has 5 heteroatoms. The SMILES string of the molecule is O=C(NCCc1ccc2oc(=O)[nH]c2c1)C1CC1. The van der Waals surface area contributed by atoms with Crippen molar-refractivity contribution in [3.8, 4) is 0 Å². The summed E-state index contributed by atoms with van der Waals surface area (Å²) in [5.74, 6) is -0.0327. The Bertz CT molecular complexity index is 637. The molecule has 0 aliphatic heterocycles. The van der Waals surface area contributed by atoms with Gasteiger partial charge in [0.2, 0.25) is 5.91 Å². The number of fused-ring (bicyclic) bond motifs is 1. The molecule has 1 aromatic heterocycles. The Hall–Kier alpha value is -2.04. The molecule has 3 rings (SSSR count). The molecule has 0 saturated heterocycles. The van der Waals surface area contributed by atoms with Crippen molar-refractivity contribution in [3.63, 3.8) is 0 Å². The van der Waals surface area contributed by atoms with E-state index in [4.69, 9.17) is 4.42 Å². The number of nitrogens with one attached hydrogen (secondary N) is 2. The van der Waals surface area contributed by atoms with Crippen LogP contribution in [-0.4, -0.2) is 17.4 Å². The first-order valence-electron chi connectivity index (χ1n) is 6.12. The van der Waals surface area contributed by atoms with Gasteiger partial charge in [-0.05, 0) is 37.0 Å². The molecule has 0 bridgehead atoms. The number of aromatic nitrogens is 1. The summed E-state index contributed by atoms with van der Waals surface area (Å²) in [6.07, 6.45) is 2.80. The molecule has 1 aliphatic carbocycles. The highest BCUT2D eigenvalue weighted by Gasteiger charge is 2.28. The number of H-pyrrole nitrogens is 1. The molecule has 1 fully saturated rings. The molecule has 1 aromatic carbocycles. The molecule has 94 valence electrons. The van der Waals surface area contributed by atoms with E-state index in [0.29, 0.717) is 17.6 Å². The first kappa shape index (κ1) is 11.1. The van der Waals surface area contributed by atoms with E-state index in [1.807, 2.05) is 12.1 Å². The number of benzene rings is 1. The summed E-state index contributed by atoms with van der Waals surface area (Å²) in [6, 6.07) is 5.55. The van der Waals surface area contributed by atoms with Gasteiger partial charge >= 0.3 is 5.76 Å². The zero-order valence-corrected chi connectivity index (χ0v) is 9.86. The highest BCUT2D eigenvalue weighted by Crippen LogP contribution is 2.28. The molecule has 1 saturated carbocycles. The zero-order chi connectivity index (χ0) is 12.5. The second-order valence-corrected chi connectivity index (χ2v) is 4.66. The van der Waals surface area contributed by atoms with Crippen molar-refractivity contribution in [2.24, 2.45) is 5.92 Å². The molecule has 0 spiro atoms. The monoisotopic (exact) mass is 246 g/mol. The van der Waals surface area contributed by atoms with Crippen molar-refractivity contribution in [3.05, 3.63) is 34.3 Å². The van der Waals surface area contributed by atoms with Gasteiger partial charge in [-0.2, -0.15) is 0 Å². The summed E-state index contributed by atoms with van der Waals surface area (Å²) in [5, 5.41) is 2.91. The lowest BCUT2D eigenvalue weighted by Gasteiger charge is -2.04. The van der Waals surface area contributed by atoms with Crippen molar-refractivity contribution in [1.29, 1.82) is 0 Å². The lowest BCUT2D eigenvalue weighted by molar-refractivity contribution is -0.122. The van der Waals surface area contributed by atoms with Crippen LogP contribution in [0.2, 0.25) is 0 Å². The molecule has 2 aromatic rings. The summed E-state index contributed by atoms with van der Waals surface area (Å²) in [6.45, 7) is 0.628. The largest absolute Gasteiger partial charge is 0.417 e. The van der Waals surface area contributed by atoms with Crippen LogP contribution in [0.15, 0.2) is 27.4 Å². The van der Waals surface area contributed by atoms with Crippen LogP contribution >= 0.6 is 0 Å². The Balaban J connectivity index is 1.63. The van der Waals surface area contributed by atoms with Crippen LogP contribution in [0.25, 0.3) is 11.1 Å². The quantitative estimate of drug-likeness (QED) is 0.850. The minimum absolute atomic E-state index is 0.160. The van der Waals surface area contributed by atoms with Crippen LogP contribution in [-0.2, 0) is 11.2 Å². The fraction of sp³-hybridized carbons (Fsp3) is 0.385. The fourth-order valence-corrected chi connectivity index (χ4v) is 1.97. The number of hydrogen-bond acceptors (Lipinski definition) is 3. The molecule has 18 heavy (non-hydrogen) atoms. The predicted molar refractivity (Wildman–Crippen MR) is 66.3 cm³/mol. The number of amides is 1. The Morgan fingerprint density at radius 1 is 1.44 bits per heavy atom. The number of carbonyl (C=O) groups is 1. The van der Waals surface area contributed by atoms with E-state index in [1.165, 1.54) is 0 Å². The van der Waals surface area contributed by atoms with E-state index in [-0.39, 0.29) is 11.8 Å². The summed E-state index contributed by atoms with van der Waals surface area (Å²) in [4.78, 5) is 25.1. The van der Waals surface area contributed by atoms with Crippen LogP contribution in [0.3, 0.4) is 0 Å². The third-order valence-corrected chi connectivity index (χ3v) is 3.14. The van der Waals surface area contributed by atoms with Gasteiger partial charge in [0.15, 0.2) is 5.58 Å². The minimum Gasteiger partial charge on any atom is -0.408 e. The first-order valence-corrected chi connectivity index (χ1v) is 6.12. The predicted octanol–water partition coefficient (Wildman–Crippen LogP) is 1.19. The Labute approximate surface area is 103 Å². The molecular weight excluding hydrogens is 232 g/mol. The maximum Gasteiger partial charge on any atom is 0.417 e. The van der Waals surface area contributed by atoms with Crippen molar-refractivity contribution in [2.75, 3.05) is 6.54 Å². The van der Waals surface area contributed by atoms with Crippen molar-refractivity contribution >= 4 is 17.0 Å². The van der Waals surface area contributed by atoms with E-state index < -0.39 is 5.76 Å². The molecule has 0 radical (unpaired) electrons. The van der Waals surface area contributed by atoms with Gasteiger partial charge in [-0.25, -0.2) is 4.79 Å². The van der Waals surface area contributed by atoms with Gasteiger partial charge < -0.3 is 9.73 Å². The third-order valence-electron chi connectivity index (χ3n) is 3.14. The molecule has 5 nitrogen and oxygen atoms in total. The van der Waals surface area contributed by atoms with Gasteiger partial charge in [-0.15, -0.1) is 0 Å². The topological polar surface area (TPSA) is 75.1 Å². The van der Waals surface area contributed by atoms with Gasteiger partial charge in [0, 0.05) is 12.5 Å². The van der Waals surface area contributed by atoms with Crippen LogP contribution in [0.4, 0.5) is 0 Å². The Morgan fingerprint density at radius 2 is 2.28 bits per heavy atom. The molecule has 1 heterocycles. The normalized spacial score (nSPS) is 14.9. The molecular formula is C13H14N2O3. The Kier molecular flexibility index (Phi) is 2.66. The highest BCUT2D eigenvalue weighted by atomic mass is 16.4. The third kappa shape index (κ3) is 2.30. The van der Waals surface area contributed by atoms with Crippen LogP contribution in [0.1, 0.15) is 18.4 Å². The van der Waals surface area contributed by atoms with Crippen LogP contribution in [0, 0.1) is 5.92 Å². The molecule has 0 atom stereocenters. The second kappa shape index (κ2) is 4.33. The highest BCUT2D eigenvalue weighted by molar-refractivity contribution is 5.80. The number of carbonyl (C=O) groups excluding carboxylic acids is 1. The van der Waals surface area contributed by atoms with E-state index in [0.717, 1.165) is 24.8 Å². The molecule has 0 unspecified atom stereocenters. The lowest BCUT2D eigenvalue weighted by Crippen LogP contribution is -2.26. The smallest absolute Gasteiger partial charge is 0.408 e. The van der Waals surface area contributed by atoms with Crippen LogP contribution in [0.5, 0.6) is 0 Å². The van der Waals surface area contributed by atoms with Crippen LogP contribution < -0.4 is 11.1 Å². The van der Waals surface area contributed by atoms with Crippen molar-refractivity contribution < 1.29 is 9.21 Å². The lowest BCUT2D eigenvalue weighted by atomic mass is 10.1. The average Bonchev–Trinajstić information content (AvgIpc) is 3.11. The van der Waals surface area contributed by atoms with Gasteiger partial charge in [-0.3, -0.25) is 9.78 Å². The number of hydrogen-bond donors (Lipinski definition) is 2. The zero-order valence-electron chi connectivity index (χ0n) is 9.86. The van der Waals surface area contributed by atoms with E-state index >= 15 is 0 Å². The average molecular weight is 246 g/mol. The van der Waals surface area contributed by atoms with Gasteiger partial charge in [0.05, 0.1) is 5.52 Å². The van der Waals surface area contributed by atoms with Gasteiger partial charge in [-0.1, -0.05) is 6.07 Å². The summed E-state index contributed by atoms with van der Waals surface area (Å²) >= 11 is 0.